The van der Waals surface area contributed by atoms with E-state index in [0.29, 0.717) is 38.2 Å². The molecule has 3 aromatic rings. The van der Waals surface area contributed by atoms with Crippen LogP contribution in [0, 0.1) is 0 Å². The zero-order valence-corrected chi connectivity index (χ0v) is 17.1. The lowest BCUT2D eigenvalue weighted by molar-refractivity contribution is 0.0508. The number of methoxy groups -OCH3 is 1. The Morgan fingerprint density at radius 3 is 2.77 bits per heavy atom. The number of nitrogens with zero attached hydrogens (tertiary/aromatic N) is 2. The van der Waals surface area contributed by atoms with Gasteiger partial charge in [0, 0.05) is 37.6 Å². The summed E-state index contributed by atoms with van der Waals surface area (Å²) in [7, 11) is 1.64. The first-order valence-corrected chi connectivity index (χ1v) is 10.3. The third kappa shape index (κ3) is 4.71. The fourth-order valence-corrected chi connectivity index (χ4v) is 3.98. The van der Waals surface area contributed by atoms with Crippen molar-refractivity contribution in [2.75, 3.05) is 33.4 Å². The molecule has 6 heteroatoms. The van der Waals surface area contributed by atoms with Gasteiger partial charge in [0.1, 0.15) is 30.4 Å². The van der Waals surface area contributed by atoms with Crippen molar-refractivity contribution in [3.05, 3.63) is 54.9 Å². The third-order valence-corrected chi connectivity index (χ3v) is 5.55. The SMILES string of the molecule is COc1ccncc1-c1cc(OCC(O)CN2CCC(F)CC2)cc2ccccc12. The number of hydrogen-bond donors (Lipinski definition) is 1. The Bertz CT molecular complexity index is 989. The quantitative estimate of drug-likeness (QED) is 0.636. The molecule has 0 radical (unpaired) electrons. The Balaban J connectivity index is 1.53. The molecule has 0 spiro atoms. The lowest BCUT2D eigenvalue weighted by Gasteiger charge is -2.30. The third-order valence-electron chi connectivity index (χ3n) is 5.55. The van der Waals surface area contributed by atoms with Gasteiger partial charge in [0.2, 0.25) is 0 Å². The van der Waals surface area contributed by atoms with Gasteiger partial charge in [-0.05, 0) is 47.4 Å². The van der Waals surface area contributed by atoms with Crippen molar-refractivity contribution in [1.29, 1.82) is 0 Å². The van der Waals surface area contributed by atoms with Gasteiger partial charge in [0.05, 0.1) is 7.11 Å². The predicted octanol–water partition coefficient (Wildman–Crippen LogP) is 4.08. The van der Waals surface area contributed by atoms with Crippen molar-refractivity contribution in [3.8, 4) is 22.6 Å². The van der Waals surface area contributed by atoms with Crippen LogP contribution in [0.15, 0.2) is 54.9 Å². The van der Waals surface area contributed by atoms with Gasteiger partial charge in [-0.25, -0.2) is 4.39 Å². The van der Waals surface area contributed by atoms with Crippen molar-refractivity contribution in [3.63, 3.8) is 0 Å². The van der Waals surface area contributed by atoms with Crippen LogP contribution in [0.3, 0.4) is 0 Å². The summed E-state index contributed by atoms with van der Waals surface area (Å²) in [6.07, 6.45) is 3.21. The molecule has 1 atom stereocenters. The Morgan fingerprint density at radius 1 is 1.17 bits per heavy atom. The first kappa shape index (κ1) is 20.6. The summed E-state index contributed by atoms with van der Waals surface area (Å²) in [5.74, 6) is 1.42. The highest BCUT2D eigenvalue weighted by molar-refractivity contribution is 5.99. The molecule has 158 valence electrons. The van der Waals surface area contributed by atoms with E-state index in [2.05, 4.69) is 16.0 Å². The molecule has 1 saturated heterocycles. The van der Waals surface area contributed by atoms with Gasteiger partial charge in [-0.1, -0.05) is 24.3 Å². The minimum absolute atomic E-state index is 0.178. The van der Waals surface area contributed by atoms with Crippen LogP contribution in [-0.4, -0.2) is 60.6 Å². The molecule has 5 nitrogen and oxygen atoms in total. The van der Waals surface area contributed by atoms with E-state index in [9.17, 15) is 9.50 Å². The standard InChI is InChI=1S/C24H27FN2O3/c1-29-24-6-9-26-14-23(24)22-13-20(12-17-4-2-3-5-21(17)22)30-16-19(28)15-27-10-7-18(25)8-11-27/h2-6,9,12-14,18-19,28H,7-8,10-11,15-16H2,1H3. The van der Waals surface area contributed by atoms with Crippen molar-refractivity contribution in [1.82, 2.24) is 9.88 Å². The second-order valence-corrected chi connectivity index (χ2v) is 7.71. The highest BCUT2D eigenvalue weighted by atomic mass is 19.1. The van der Waals surface area contributed by atoms with Crippen LogP contribution in [0.25, 0.3) is 21.9 Å². The summed E-state index contributed by atoms with van der Waals surface area (Å²) in [6, 6.07) is 13.9. The number of aliphatic hydroxyl groups is 1. The maximum Gasteiger partial charge on any atom is 0.129 e. The molecule has 0 bridgehead atoms. The topological polar surface area (TPSA) is 54.8 Å². The van der Waals surface area contributed by atoms with Crippen molar-refractivity contribution in [2.24, 2.45) is 0 Å². The molecular weight excluding hydrogens is 383 g/mol. The summed E-state index contributed by atoms with van der Waals surface area (Å²) in [6.45, 7) is 2.03. The first-order valence-electron chi connectivity index (χ1n) is 10.3. The van der Waals surface area contributed by atoms with Crippen molar-refractivity contribution in [2.45, 2.75) is 25.1 Å². The highest BCUT2D eigenvalue weighted by Gasteiger charge is 2.21. The molecule has 1 N–H and O–H groups in total. The van der Waals surface area contributed by atoms with Crippen LogP contribution in [0.2, 0.25) is 0 Å². The summed E-state index contributed by atoms with van der Waals surface area (Å²) >= 11 is 0. The predicted molar refractivity (Wildman–Crippen MR) is 116 cm³/mol. The molecule has 1 aliphatic heterocycles. The van der Waals surface area contributed by atoms with Gasteiger partial charge in [-0.15, -0.1) is 0 Å². The maximum absolute atomic E-state index is 13.3. The van der Waals surface area contributed by atoms with Gasteiger partial charge in [-0.3, -0.25) is 4.98 Å². The maximum atomic E-state index is 13.3. The van der Waals surface area contributed by atoms with Crippen molar-refractivity contribution >= 4 is 10.8 Å². The molecule has 1 unspecified atom stereocenters. The number of β-amino-alcohol motifs (C(OH)–C–C–N with tert-alkyl or cyclic N) is 1. The first-order chi connectivity index (χ1) is 14.6. The molecule has 0 aliphatic carbocycles. The number of fused-ring (bicyclic) bond motifs is 1. The largest absolute Gasteiger partial charge is 0.496 e. The Labute approximate surface area is 176 Å². The van der Waals surface area contributed by atoms with Crippen LogP contribution >= 0.6 is 0 Å². The molecule has 30 heavy (non-hydrogen) atoms. The van der Waals surface area contributed by atoms with Crippen LogP contribution in [0.4, 0.5) is 4.39 Å². The Kier molecular flexibility index (Phi) is 6.45. The van der Waals surface area contributed by atoms with Crippen LogP contribution in [0.1, 0.15) is 12.8 Å². The van der Waals surface area contributed by atoms with Gasteiger partial charge in [-0.2, -0.15) is 0 Å². The fourth-order valence-electron chi connectivity index (χ4n) is 3.98. The number of aliphatic hydroxyl groups excluding tert-OH is 1. The molecule has 1 aliphatic rings. The summed E-state index contributed by atoms with van der Waals surface area (Å²) in [5.41, 5.74) is 1.85. The molecule has 0 saturated carbocycles. The van der Waals surface area contributed by atoms with Gasteiger partial charge in [0.15, 0.2) is 0 Å². The zero-order chi connectivity index (χ0) is 20.9. The number of piperidine rings is 1. The minimum atomic E-state index is -0.713. The number of pyridine rings is 1. The molecule has 1 fully saturated rings. The smallest absolute Gasteiger partial charge is 0.129 e. The lowest BCUT2D eigenvalue weighted by Crippen LogP contribution is -2.41. The van der Waals surface area contributed by atoms with E-state index in [-0.39, 0.29) is 6.61 Å². The van der Waals surface area contributed by atoms with E-state index in [1.54, 1.807) is 19.5 Å². The minimum Gasteiger partial charge on any atom is -0.496 e. The van der Waals surface area contributed by atoms with Crippen molar-refractivity contribution < 1.29 is 19.0 Å². The number of halogens is 1. The molecule has 1 aromatic heterocycles. The number of hydrogen-bond acceptors (Lipinski definition) is 5. The molecule has 0 amide bonds. The second kappa shape index (κ2) is 9.41. The lowest BCUT2D eigenvalue weighted by atomic mass is 9.98. The number of likely N-dealkylation sites (tertiary alicyclic amines) is 1. The fraction of sp³-hybridized carbons (Fsp3) is 0.375. The van der Waals surface area contributed by atoms with Crippen LogP contribution in [-0.2, 0) is 0 Å². The van der Waals surface area contributed by atoms with Crippen LogP contribution < -0.4 is 9.47 Å². The number of alkyl halides is 1. The molecule has 2 aromatic carbocycles. The van der Waals surface area contributed by atoms with E-state index in [1.807, 2.05) is 36.4 Å². The van der Waals surface area contributed by atoms with E-state index in [1.165, 1.54) is 0 Å². The highest BCUT2D eigenvalue weighted by Crippen LogP contribution is 2.37. The summed E-state index contributed by atoms with van der Waals surface area (Å²) < 4.78 is 24.8. The van der Waals surface area contributed by atoms with Gasteiger partial charge < -0.3 is 19.5 Å². The summed E-state index contributed by atoms with van der Waals surface area (Å²) in [4.78, 5) is 6.35. The molecule has 2 heterocycles. The monoisotopic (exact) mass is 410 g/mol. The number of benzene rings is 2. The Hall–Kier alpha value is -2.70. The van der Waals surface area contributed by atoms with Crippen LogP contribution in [0.5, 0.6) is 11.5 Å². The normalized spacial score (nSPS) is 16.5. The zero-order valence-electron chi connectivity index (χ0n) is 17.1. The van der Waals surface area contributed by atoms with E-state index >= 15 is 0 Å². The van der Waals surface area contributed by atoms with Gasteiger partial charge >= 0.3 is 0 Å². The molecular formula is C24H27FN2O3. The number of aromatic nitrogens is 1. The average Bonchev–Trinajstić information content (AvgIpc) is 2.78. The van der Waals surface area contributed by atoms with Gasteiger partial charge in [0.25, 0.3) is 0 Å². The van der Waals surface area contributed by atoms with E-state index < -0.39 is 12.3 Å². The number of ether oxygens (including phenoxy) is 2. The Morgan fingerprint density at radius 2 is 1.97 bits per heavy atom. The second-order valence-electron chi connectivity index (χ2n) is 7.71. The molecule has 4 rings (SSSR count). The summed E-state index contributed by atoms with van der Waals surface area (Å²) in [5, 5.41) is 12.5. The average molecular weight is 410 g/mol. The van der Waals surface area contributed by atoms with E-state index in [4.69, 9.17) is 9.47 Å². The number of rotatable bonds is 7. The van der Waals surface area contributed by atoms with E-state index in [0.717, 1.165) is 27.6 Å².